The van der Waals surface area contributed by atoms with E-state index in [4.69, 9.17) is 11.2 Å². The van der Waals surface area contributed by atoms with Gasteiger partial charge < -0.3 is 14.7 Å². The lowest BCUT2D eigenvalue weighted by Crippen LogP contribution is -2.25. The minimum Gasteiger partial charge on any atom is -0.506 e. The van der Waals surface area contributed by atoms with Gasteiger partial charge in [0.25, 0.3) is 5.95 Å². The summed E-state index contributed by atoms with van der Waals surface area (Å²) in [6, 6.07) is 14.4. The molecular weight excluding hydrogens is 421 g/mol. The van der Waals surface area contributed by atoms with E-state index in [2.05, 4.69) is 20.9 Å². The first kappa shape index (κ1) is 20.3. The van der Waals surface area contributed by atoms with Crippen LogP contribution >= 0.6 is 0 Å². The van der Waals surface area contributed by atoms with E-state index < -0.39 is 5.95 Å². The van der Waals surface area contributed by atoms with Crippen LogP contribution in [0.4, 0.5) is 10.2 Å². The van der Waals surface area contributed by atoms with E-state index >= 15 is 0 Å². The maximum Gasteiger partial charge on any atom is 0.251 e. The molecule has 5 rings (SSSR count). The molecule has 1 saturated heterocycles. The molecule has 1 aliphatic heterocycles. The van der Waals surface area contributed by atoms with Crippen molar-refractivity contribution in [2.24, 2.45) is 0 Å². The van der Waals surface area contributed by atoms with Crippen LogP contribution in [0.1, 0.15) is 17.5 Å². The third-order valence-corrected chi connectivity index (χ3v) is 5.63. The lowest BCUT2D eigenvalue weighted by Gasteiger charge is -2.18. The monoisotopic (exact) mass is 439 g/mol. The summed E-state index contributed by atoms with van der Waals surface area (Å²) in [6.45, 7) is 1.48. The fourth-order valence-electron chi connectivity index (χ4n) is 4.04. The molecule has 1 aromatic carbocycles. The predicted molar refractivity (Wildman–Crippen MR) is 120 cm³/mol. The smallest absolute Gasteiger partial charge is 0.251 e. The SMILES string of the molecule is C#Cc1ccc(OC2CCN(c3ccc(-c4cc(O)cn5nc(F)c(C#N)c45)cn3)C2)cc1. The molecule has 162 valence electrons. The van der Waals surface area contributed by atoms with Gasteiger partial charge in [-0.3, -0.25) is 0 Å². The Bertz CT molecular complexity index is 1420. The number of hydrogen-bond acceptors (Lipinski definition) is 6. The van der Waals surface area contributed by atoms with Crippen LogP contribution in [0.3, 0.4) is 0 Å². The van der Waals surface area contributed by atoms with Gasteiger partial charge in [-0.2, -0.15) is 9.65 Å². The zero-order valence-corrected chi connectivity index (χ0v) is 17.4. The number of aromatic nitrogens is 3. The van der Waals surface area contributed by atoms with Crippen molar-refractivity contribution in [1.29, 1.82) is 5.26 Å². The molecule has 1 atom stereocenters. The van der Waals surface area contributed by atoms with Gasteiger partial charge in [0.05, 0.1) is 18.3 Å². The molecule has 1 N–H and O–H groups in total. The maximum atomic E-state index is 14.1. The van der Waals surface area contributed by atoms with Crippen molar-refractivity contribution < 1.29 is 14.2 Å². The lowest BCUT2D eigenvalue weighted by atomic mass is 10.1. The van der Waals surface area contributed by atoms with Gasteiger partial charge in [0.2, 0.25) is 0 Å². The molecule has 0 saturated carbocycles. The number of nitrogens with zero attached hydrogens (tertiary/aromatic N) is 5. The van der Waals surface area contributed by atoms with Crippen molar-refractivity contribution in [3.05, 3.63) is 71.9 Å². The quantitative estimate of drug-likeness (QED) is 0.488. The topological polar surface area (TPSA) is 86.7 Å². The van der Waals surface area contributed by atoms with Crippen molar-refractivity contribution in [3.8, 4) is 41.0 Å². The molecular formula is C25H18FN5O2. The molecule has 1 fully saturated rings. The van der Waals surface area contributed by atoms with E-state index in [1.165, 1.54) is 16.8 Å². The normalized spacial score (nSPS) is 15.4. The molecule has 4 aromatic rings. The second kappa shape index (κ2) is 8.18. The van der Waals surface area contributed by atoms with Gasteiger partial charge in [0, 0.05) is 35.9 Å². The number of benzene rings is 1. The summed E-state index contributed by atoms with van der Waals surface area (Å²) < 4.78 is 21.3. The van der Waals surface area contributed by atoms with Gasteiger partial charge in [0.15, 0.2) is 0 Å². The molecule has 0 aliphatic carbocycles. The van der Waals surface area contributed by atoms with E-state index in [1.807, 2.05) is 42.5 Å². The number of terminal acetylenes is 1. The first-order chi connectivity index (χ1) is 16.1. The molecule has 4 heterocycles. The number of ether oxygens (including phenoxy) is 1. The Hall–Kier alpha value is -4.56. The van der Waals surface area contributed by atoms with Crippen LogP contribution in [0.2, 0.25) is 0 Å². The number of nitriles is 1. The Morgan fingerprint density at radius 1 is 1.21 bits per heavy atom. The number of pyridine rings is 2. The van der Waals surface area contributed by atoms with Crippen LogP contribution in [0.15, 0.2) is 54.9 Å². The highest BCUT2D eigenvalue weighted by Gasteiger charge is 2.25. The van der Waals surface area contributed by atoms with Gasteiger partial charge in [-0.15, -0.1) is 11.5 Å². The summed E-state index contributed by atoms with van der Waals surface area (Å²) in [4.78, 5) is 6.69. The molecule has 7 nitrogen and oxygen atoms in total. The van der Waals surface area contributed by atoms with Gasteiger partial charge in [-0.25, -0.2) is 9.50 Å². The van der Waals surface area contributed by atoms with Crippen molar-refractivity contribution in [1.82, 2.24) is 14.6 Å². The fourth-order valence-corrected chi connectivity index (χ4v) is 4.04. The fraction of sp³-hybridized carbons (Fsp3) is 0.160. The Balaban J connectivity index is 1.35. The van der Waals surface area contributed by atoms with Crippen LogP contribution in [-0.4, -0.2) is 38.9 Å². The van der Waals surface area contributed by atoms with Crippen LogP contribution in [0.5, 0.6) is 11.5 Å². The van der Waals surface area contributed by atoms with Crippen LogP contribution in [0.25, 0.3) is 16.6 Å². The summed E-state index contributed by atoms with van der Waals surface area (Å²) in [5.74, 6) is 3.17. The van der Waals surface area contributed by atoms with E-state index in [0.29, 0.717) is 17.7 Å². The highest BCUT2D eigenvalue weighted by molar-refractivity contribution is 5.85. The van der Waals surface area contributed by atoms with Crippen LogP contribution < -0.4 is 9.64 Å². The number of fused-ring (bicyclic) bond motifs is 1. The zero-order chi connectivity index (χ0) is 22.9. The van der Waals surface area contributed by atoms with Gasteiger partial charge in [-0.1, -0.05) is 5.92 Å². The molecule has 0 bridgehead atoms. The zero-order valence-electron chi connectivity index (χ0n) is 17.4. The predicted octanol–water partition coefficient (Wildman–Crippen LogP) is 3.75. The molecule has 1 unspecified atom stereocenters. The summed E-state index contributed by atoms with van der Waals surface area (Å²) in [5.41, 5.74) is 2.03. The molecule has 8 heteroatoms. The molecule has 1 aliphatic rings. The molecule has 0 amide bonds. The molecule has 33 heavy (non-hydrogen) atoms. The minimum atomic E-state index is -0.883. The number of aromatic hydroxyl groups is 1. The first-order valence-corrected chi connectivity index (χ1v) is 10.3. The standard InChI is InChI=1S/C25H18FN5O2/c1-2-16-3-6-19(7-4-16)33-20-9-10-30(15-20)23-8-5-17(13-28-23)21-11-18(32)14-31-24(21)22(12-27)25(26)29-31/h1,3-8,11,13-14,20,32H,9-10,15H2. The second-order valence-electron chi connectivity index (χ2n) is 7.73. The average molecular weight is 439 g/mol. The Morgan fingerprint density at radius 2 is 2.03 bits per heavy atom. The minimum absolute atomic E-state index is 0.0295. The summed E-state index contributed by atoms with van der Waals surface area (Å²) in [5, 5.41) is 23.1. The number of halogens is 1. The van der Waals surface area contributed by atoms with E-state index in [0.717, 1.165) is 30.1 Å². The molecule has 0 radical (unpaired) electrons. The second-order valence-corrected chi connectivity index (χ2v) is 7.73. The Morgan fingerprint density at radius 3 is 2.73 bits per heavy atom. The van der Waals surface area contributed by atoms with Crippen molar-refractivity contribution in [2.45, 2.75) is 12.5 Å². The third kappa shape index (κ3) is 3.79. The Kier molecular flexibility index (Phi) is 5.04. The van der Waals surface area contributed by atoms with Gasteiger partial charge in [-0.05, 0) is 42.5 Å². The Labute approximate surface area is 189 Å². The average Bonchev–Trinajstić information content (AvgIpc) is 3.42. The molecule has 0 spiro atoms. The first-order valence-electron chi connectivity index (χ1n) is 10.3. The van der Waals surface area contributed by atoms with Crippen molar-refractivity contribution in [2.75, 3.05) is 18.0 Å². The maximum absolute atomic E-state index is 14.1. The van der Waals surface area contributed by atoms with E-state index in [9.17, 15) is 14.8 Å². The van der Waals surface area contributed by atoms with Crippen molar-refractivity contribution in [3.63, 3.8) is 0 Å². The van der Waals surface area contributed by atoms with E-state index in [1.54, 1.807) is 6.20 Å². The van der Waals surface area contributed by atoms with Crippen LogP contribution in [-0.2, 0) is 0 Å². The summed E-state index contributed by atoms with van der Waals surface area (Å²) >= 11 is 0. The number of hydrogen-bond donors (Lipinski definition) is 1. The largest absolute Gasteiger partial charge is 0.506 e. The molecule has 3 aromatic heterocycles. The van der Waals surface area contributed by atoms with E-state index in [-0.39, 0.29) is 22.9 Å². The summed E-state index contributed by atoms with van der Waals surface area (Å²) in [7, 11) is 0. The third-order valence-electron chi connectivity index (χ3n) is 5.63. The number of anilines is 1. The number of rotatable bonds is 4. The highest BCUT2D eigenvalue weighted by atomic mass is 19.1. The van der Waals surface area contributed by atoms with Crippen LogP contribution in [0, 0.1) is 29.6 Å². The van der Waals surface area contributed by atoms with Gasteiger partial charge in [0.1, 0.15) is 35.1 Å². The highest BCUT2D eigenvalue weighted by Crippen LogP contribution is 2.32. The van der Waals surface area contributed by atoms with Crippen molar-refractivity contribution >= 4 is 11.3 Å². The van der Waals surface area contributed by atoms with Gasteiger partial charge >= 0.3 is 0 Å². The summed E-state index contributed by atoms with van der Waals surface area (Å²) in [6.07, 6.45) is 9.18. The lowest BCUT2D eigenvalue weighted by molar-refractivity contribution is 0.225.